The maximum absolute atomic E-state index is 14.0. The smallest absolute Gasteiger partial charge is 0.344 e. The van der Waals surface area contributed by atoms with E-state index in [1.807, 2.05) is 30.3 Å². The molecule has 0 unspecified atom stereocenters. The highest BCUT2D eigenvalue weighted by Gasteiger charge is 2.35. The Morgan fingerprint density at radius 1 is 0.977 bits per heavy atom. The normalized spacial score (nSPS) is 14.5. The molecule has 0 saturated heterocycles. The fraction of sp³-hybridized carbons (Fsp3) is 0.212. The second-order valence-corrected chi connectivity index (χ2v) is 10.5. The zero-order chi connectivity index (χ0) is 31.2. The highest BCUT2D eigenvalue weighted by atomic mass is 32.1. The van der Waals surface area contributed by atoms with Crippen LogP contribution in [0.1, 0.15) is 36.6 Å². The molecule has 2 heterocycles. The van der Waals surface area contributed by atoms with Crippen molar-refractivity contribution in [3.8, 4) is 11.5 Å². The molecule has 0 amide bonds. The van der Waals surface area contributed by atoms with Gasteiger partial charge in [0, 0.05) is 5.56 Å². The Hall–Kier alpha value is -5.03. The first kappa shape index (κ1) is 30.4. The molecule has 0 radical (unpaired) electrons. The van der Waals surface area contributed by atoms with Crippen LogP contribution in [0.15, 0.2) is 88.2 Å². The van der Waals surface area contributed by atoms with E-state index in [0.717, 1.165) is 11.3 Å². The fourth-order valence-corrected chi connectivity index (χ4v) is 5.79. The Kier molecular flexibility index (Phi) is 9.35. The lowest BCUT2D eigenvalue weighted by Crippen LogP contribution is -2.40. The third-order valence-corrected chi connectivity index (χ3v) is 7.68. The van der Waals surface area contributed by atoms with Gasteiger partial charge < -0.3 is 18.9 Å². The van der Waals surface area contributed by atoms with E-state index >= 15 is 0 Å². The van der Waals surface area contributed by atoms with Crippen LogP contribution in [0.25, 0.3) is 11.8 Å². The zero-order valence-corrected chi connectivity index (χ0v) is 25.1. The van der Waals surface area contributed by atoms with Gasteiger partial charge in [0.2, 0.25) is 0 Å². The van der Waals surface area contributed by atoms with E-state index < -0.39 is 29.4 Å². The van der Waals surface area contributed by atoms with Gasteiger partial charge in [-0.2, -0.15) is 0 Å². The van der Waals surface area contributed by atoms with Crippen LogP contribution in [0.5, 0.6) is 11.5 Å². The summed E-state index contributed by atoms with van der Waals surface area (Å²) in [6.07, 6.45) is 1.68. The number of fused-ring (bicyclic) bond motifs is 1. The average molecular weight is 617 g/mol. The minimum atomic E-state index is -0.920. The van der Waals surface area contributed by atoms with Gasteiger partial charge in [0.1, 0.15) is 5.82 Å². The van der Waals surface area contributed by atoms with Crippen LogP contribution < -0.4 is 24.4 Å². The number of methoxy groups -OCH3 is 1. The van der Waals surface area contributed by atoms with Gasteiger partial charge in [-0.3, -0.25) is 9.36 Å². The first-order chi connectivity index (χ1) is 21.3. The van der Waals surface area contributed by atoms with E-state index in [4.69, 9.17) is 23.9 Å². The standard InChI is InChI=1S/C33H29FN2O7S/c1-4-41-27(37)19-43-24-16-11-20(17-25(24)40-3)18-26-31(38)36-30(22-12-14-23(34)15-13-22)28(32(39)42-5-2)29(35-33(36)44-26)21-9-7-6-8-10-21/h6-18,30H,4-5,19H2,1-3H3/b26-18+/t30-/m0/s1. The van der Waals surface area contributed by atoms with Gasteiger partial charge in [-0.15, -0.1) is 0 Å². The number of hydrogen-bond acceptors (Lipinski definition) is 9. The molecule has 0 saturated carbocycles. The molecular weight excluding hydrogens is 587 g/mol. The summed E-state index contributed by atoms with van der Waals surface area (Å²) in [4.78, 5) is 44.4. The molecule has 1 aromatic heterocycles. The molecule has 0 spiro atoms. The second-order valence-electron chi connectivity index (χ2n) is 9.49. The second kappa shape index (κ2) is 13.5. The van der Waals surface area contributed by atoms with Crippen molar-refractivity contribution in [1.29, 1.82) is 0 Å². The van der Waals surface area contributed by atoms with Crippen molar-refractivity contribution in [2.24, 2.45) is 4.99 Å². The first-order valence-corrected chi connectivity index (χ1v) is 14.7. The third-order valence-electron chi connectivity index (χ3n) is 6.70. The number of ether oxygens (including phenoxy) is 4. The molecule has 0 aliphatic carbocycles. The summed E-state index contributed by atoms with van der Waals surface area (Å²) < 4.78 is 37.1. The van der Waals surface area contributed by atoms with Gasteiger partial charge in [-0.25, -0.2) is 19.0 Å². The fourth-order valence-electron chi connectivity index (χ4n) is 4.78. The quantitative estimate of drug-likeness (QED) is 0.248. The molecule has 0 fully saturated rings. The Bertz CT molecular complexity index is 1900. The van der Waals surface area contributed by atoms with Crippen LogP contribution >= 0.6 is 11.3 Å². The summed E-state index contributed by atoms with van der Waals surface area (Å²) in [7, 11) is 1.47. The molecule has 0 bridgehead atoms. The molecule has 3 aromatic carbocycles. The third kappa shape index (κ3) is 6.32. The van der Waals surface area contributed by atoms with Crippen LogP contribution in [-0.2, 0) is 19.1 Å². The molecular formula is C33H29FN2O7S. The van der Waals surface area contributed by atoms with Gasteiger partial charge in [-0.1, -0.05) is 59.9 Å². The van der Waals surface area contributed by atoms with E-state index in [1.54, 1.807) is 50.3 Å². The zero-order valence-electron chi connectivity index (χ0n) is 24.2. The predicted molar refractivity (Wildman–Crippen MR) is 163 cm³/mol. The molecule has 1 atom stereocenters. The number of benzene rings is 3. The largest absolute Gasteiger partial charge is 0.493 e. The summed E-state index contributed by atoms with van der Waals surface area (Å²) in [5, 5.41) is 0. The topological polar surface area (TPSA) is 105 Å². The molecule has 5 rings (SSSR count). The summed E-state index contributed by atoms with van der Waals surface area (Å²) in [6.45, 7) is 3.49. The summed E-state index contributed by atoms with van der Waals surface area (Å²) in [5.74, 6) is -0.887. The molecule has 1 aliphatic heterocycles. The molecule has 226 valence electrons. The molecule has 0 N–H and O–H groups in total. The summed E-state index contributed by atoms with van der Waals surface area (Å²) in [6, 6.07) is 18.9. The first-order valence-electron chi connectivity index (χ1n) is 13.8. The number of esters is 2. The lowest BCUT2D eigenvalue weighted by molar-refractivity contribution is -0.145. The highest BCUT2D eigenvalue weighted by molar-refractivity contribution is 7.07. The van der Waals surface area contributed by atoms with Crippen molar-refractivity contribution in [2.75, 3.05) is 26.9 Å². The van der Waals surface area contributed by atoms with E-state index in [0.29, 0.717) is 43.2 Å². The maximum Gasteiger partial charge on any atom is 0.344 e. The van der Waals surface area contributed by atoms with Crippen molar-refractivity contribution in [3.05, 3.63) is 121 Å². The Labute approximate surface area is 256 Å². The number of carbonyl (C=O) groups is 2. The van der Waals surface area contributed by atoms with Crippen molar-refractivity contribution < 1.29 is 32.9 Å². The average Bonchev–Trinajstić information content (AvgIpc) is 3.34. The Balaban J connectivity index is 1.67. The van der Waals surface area contributed by atoms with E-state index in [2.05, 4.69) is 0 Å². The number of carbonyl (C=O) groups excluding carboxylic acids is 2. The van der Waals surface area contributed by atoms with Crippen LogP contribution in [0.3, 0.4) is 0 Å². The summed E-state index contributed by atoms with van der Waals surface area (Å²) in [5.41, 5.74) is 1.98. The van der Waals surface area contributed by atoms with Crippen molar-refractivity contribution >= 4 is 35.0 Å². The van der Waals surface area contributed by atoms with Crippen LogP contribution in [0.4, 0.5) is 4.39 Å². The number of thiazole rings is 1. The molecule has 44 heavy (non-hydrogen) atoms. The van der Waals surface area contributed by atoms with Gasteiger partial charge >= 0.3 is 11.9 Å². The number of rotatable bonds is 10. The van der Waals surface area contributed by atoms with Crippen LogP contribution in [-0.4, -0.2) is 43.4 Å². The number of aromatic nitrogens is 1. The molecule has 9 nitrogen and oxygen atoms in total. The Morgan fingerprint density at radius 2 is 1.70 bits per heavy atom. The van der Waals surface area contributed by atoms with Gasteiger partial charge in [0.05, 0.1) is 42.2 Å². The van der Waals surface area contributed by atoms with Crippen molar-refractivity contribution in [2.45, 2.75) is 19.9 Å². The van der Waals surface area contributed by atoms with Crippen LogP contribution in [0, 0.1) is 5.82 Å². The van der Waals surface area contributed by atoms with Gasteiger partial charge in [0.15, 0.2) is 22.9 Å². The van der Waals surface area contributed by atoms with Gasteiger partial charge in [-0.05, 0) is 55.3 Å². The lowest BCUT2D eigenvalue weighted by Gasteiger charge is -2.25. The SMILES string of the molecule is CCOC(=O)COc1ccc(/C=c2/sc3n(c2=O)[C@@H](c2ccc(F)cc2)C(C(=O)OCC)=C(c2ccccc2)N=3)cc1OC. The van der Waals surface area contributed by atoms with E-state index in [-0.39, 0.29) is 25.4 Å². The summed E-state index contributed by atoms with van der Waals surface area (Å²) >= 11 is 1.16. The number of hydrogen-bond donors (Lipinski definition) is 0. The molecule has 1 aliphatic rings. The van der Waals surface area contributed by atoms with Gasteiger partial charge in [0.25, 0.3) is 5.56 Å². The minimum Gasteiger partial charge on any atom is -0.493 e. The van der Waals surface area contributed by atoms with E-state index in [1.165, 1.54) is 23.8 Å². The minimum absolute atomic E-state index is 0.117. The maximum atomic E-state index is 14.0. The predicted octanol–water partition coefficient (Wildman–Crippen LogP) is 4.03. The Morgan fingerprint density at radius 3 is 2.39 bits per heavy atom. The molecule has 11 heteroatoms. The van der Waals surface area contributed by atoms with Crippen molar-refractivity contribution in [1.82, 2.24) is 4.57 Å². The van der Waals surface area contributed by atoms with E-state index in [9.17, 15) is 18.8 Å². The lowest BCUT2D eigenvalue weighted by atomic mass is 9.93. The number of halogens is 1. The molecule has 4 aromatic rings. The monoisotopic (exact) mass is 616 g/mol. The number of nitrogens with zero attached hydrogens (tertiary/aromatic N) is 2. The highest BCUT2D eigenvalue weighted by Crippen LogP contribution is 2.35. The van der Waals surface area contributed by atoms with Crippen molar-refractivity contribution in [3.63, 3.8) is 0 Å². The van der Waals surface area contributed by atoms with Crippen LogP contribution in [0.2, 0.25) is 0 Å².